The normalized spacial score (nSPS) is 15.4. The van der Waals surface area contributed by atoms with Crippen LogP contribution in [-0.4, -0.2) is 68.9 Å². The Hall–Kier alpha value is -1.03. The van der Waals surface area contributed by atoms with Crippen molar-refractivity contribution in [1.82, 2.24) is 9.80 Å². The largest absolute Gasteiger partial charge is 0.491 e. The average molecular weight is 372 g/mol. The molecule has 24 heavy (non-hydrogen) atoms. The van der Waals surface area contributed by atoms with Crippen LogP contribution in [0.5, 0.6) is 5.75 Å². The van der Waals surface area contributed by atoms with Gasteiger partial charge in [-0.1, -0.05) is 23.2 Å². The van der Waals surface area contributed by atoms with Crippen molar-refractivity contribution >= 4 is 23.2 Å². The Morgan fingerprint density at radius 3 is 2.71 bits per heavy atom. The van der Waals surface area contributed by atoms with Crippen LogP contribution >= 0.6 is 23.2 Å². The van der Waals surface area contributed by atoms with Crippen molar-refractivity contribution in [3.8, 4) is 11.8 Å². The lowest BCUT2D eigenvalue weighted by molar-refractivity contribution is 0.0328. The van der Waals surface area contributed by atoms with Gasteiger partial charge in [0.25, 0.3) is 0 Å². The zero-order valence-electron chi connectivity index (χ0n) is 13.7. The Morgan fingerprint density at radius 1 is 1.21 bits per heavy atom. The summed E-state index contributed by atoms with van der Waals surface area (Å²) >= 11 is 12.0. The van der Waals surface area contributed by atoms with Crippen LogP contribution in [0, 0.1) is 11.3 Å². The monoisotopic (exact) mass is 371 g/mol. The van der Waals surface area contributed by atoms with Crippen molar-refractivity contribution in [2.45, 2.75) is 6.42 Å². The van der Waals surface area contributed by atoms with E-state index in [1.54, 1.807) is 18.2 Å². The number of nitriles is 1. The molecule has 1 aromatic rings. The predicted molar refractivity (Wildman–Crippen MR) is 95.9 cm³/mol. The first-order valence-electron chi connectivity index (χ1n) is 8.16. The third-order valence-corrected chi connectivity index (χ3v) is 4.47. The molecule has 0 unspecified atom stereocenters. The molecule has 1 aliphatic rings. The highest BCUT2D eigenvalue weighted by molar-refractivity contribution is 6.35. The number of morpholine rings is 1. The van der Waals surface area contributed by atoms with E-state index in [9.17, 15) is 0 Å². The molecule has 0 bridgehead atoms. The second-order valence-electron chi connectivity index (χ2n) is 5.63. The minimum absolute atomic E-state index is 0.513. The number of rotatable bonds is 9. The molecule has 0 radical (unpaired) electrons. The Labute approximate surface area is 153 Å². The van der Waals surface area contributed by atoms with E-state index in [4.69, 9.17) is 37.9 Å². The van der Waals surface area contributed by atoms with Gasteiger partial charge in [0.05, 0.1) is 24.3 Å². The second-order valence-corrected chi connectivity index (χ2v) is 6.47. The van der Waals surface area contributed by atoms with E-state index in [1.807, 2.05) is 0 Å². The topological polar surface area (TPSA) is 48.7 Å². The molecule has 1 aromatic carbocycles. The van der Waals surface area contributed by atoms with Gasteiger partial charge in [-0.25, -0.2) is 0 Å². The fourth-order valence-corrected chi connectivity index (χ4v) is 2.99. The molecular formula is C17H23Cl2N3O2. The summed E-state index contributed by atoms with van der Waals surface area (Å²) in [6.45, 7) is 7.48. The summed E-state index contributed by atoms with van der Waals surface area (Å²) in [7, 11) is 0. The molecule has 0 aromatic heterocycles. The number of halogens is 2. The van der Waals surface area contributed by atoms with E-state index in [1.165, 1.54) is 0 Å². The molecule has 7 heteroatoms. The molecule has 1 fully saturated rings. The second kappa shape index (κ2) is 10.8. The first kappa shape index (κ1) is 19.3. The van der Waals surface area contributed by atoms with Crippen LogP contribution in [-0.2, 0) is 4.74 Å². The van der Waals surface area contributed by atoms with Crippen LogP contribution in [0.4, 0.5) is 0 Å². The van der Waals surface area contributed by atoms with Crippen molar-refractivity contribution in [2.75, 3.05) is 59.1 Å². The van der Waals surface area contributed by atoms with Gasteiger partial charge >= 0.3 is 0 Å². The molecule has 0 spiro atoms. The van der Waals surface area contributed by atoms with Gasteiger partial charge in [0.15, 0.2) is 0 Å². The number of hydrogen-bond acceptors (Lipinski definition) is 5. The van der Waals surface area contributed by atoms with Crippen LogP contribution in [0.15, 0.2) is 18.2 Å². The zero-order valence-corrected chi connectivity index (χ0v) is 15.2. The molecule has 0 N–H and O–H groups in total. The van der Waals surface area contributed by atoms with E-state index in [-0.39, 0.29) is 0 Å². The smallest absolute Gasteiger partial charge is 0.138 e. The summed E-state index contributed by atoms with van der Waals surface area (Å²) in [6.07, 6.45) is 0.519. The minimum Gasteiger partial charge on any atom is -0.491 e. The molecule has 1 saturated heterocycles. The Balaban J connectivity index is 1.76. The average Bonchev–Trinajstić information content (AvgIpc) is 2.59. The van der Waals surface area contributed by atoms with Crippen LogP contribution in [0.2, 0.25) is 10.0 Å². The van der Waals surface area contributed by atoms with E-state index in [2.05, 4.69) is 15.9 Å². The van der Waals surface area contributed by atoms with Gasteiger partial charge < -0.3 is 9.47 Å². The minimum atomic E-state index is 0.513. The highest BCUT2D eigenvalue weighted by Crippen LogP contribution is 2.27. The molecule has 1 aliphatic heterocycles. The third kappa shape index (κ3) is 6.84. The first-order chi connectivity index (χ1) is 11.7. The number of hydrogen-bond donors (Lipinski definition) is 0. The Kier molecular flexibility index (Phi) is 8.65. The van der Waals surface area contributed by atoms with E-state index in [0.717, 1.165) is 52.5 Å². The van der Waals surface area contributed by atoms with Crippen molar-refractivity contribution < 1.29 is 9.47 Å². The van der Waals surface area contributed by atoms with Gasteiger partial charge in [0, 0.05) is 50.7 Å². The van der Waals surface area contributed by atoms with Crippen molar-refractivity contribution in [1.29, 1.82) is 5.26 Å². The van der Waals surface area contributed by atoms with Gasteiger partial charge in [0.2, 0.25) is 0 Å². The van der Waals surface area contributed by atoms with Crippen molar-refractivity contribution in [3.05, 3.63) is 28.2 Å². The fourth-order valence-electron chi connectivity index (χ4n) is 2.53. The third-order valence-electron chi connectivity index (χ3n) is 3.94. The molecule has 0 aliphatic carbocycles. The van der Waals surface area contributed by atoms with E-state index < -0.39 is 0 Å². The Morgan fingerprint density at radius 2 is 2.00 bits per heavy atom. The van der Waals surface area contributed by atoms with Crippen LogP contribution in [0.25, 0.3) is 0 Å². The maximum atomic E-state index is 8.83. The van der Waals surface area contributed by atoms with Crippen LogP contribution in [0.1, 0.15) is 6.42 Å². The maximum absolute atomic E-state index is 8.83. The SMILES string of the molecule is N#CCCN(CCOc1ccc(Cl)cc1Cl)CCN1CCOCC1. The number of nitrogens with zero attached hydrogens (tertiary/aromatic N) is 3. The summed E-state index contributed by atoms with van der Waals surface area (Å²) in [5, 5.41) is 9.94. The molecule has 1 heterocycles. The maximum Gasteiger partial charge on any atom is 0.138 e. The van der Waals surface area contributed by atoms with Crippen molar-refractivity contribution in [3.63, 3.8) is 0 Å². The summed E-state index contributed by atoms with van der Waals surface area (Å²) in [6, 6.07) is 7.41. The van der Waals surface area contributed by atoms with Crippen LogP contribution < -0.4 is 4.74 Å². The first-order valence-corrected chi connectivity index (χ1v) is 8.92. The summed E-state index contributed by atoms with van der Waals surface area (Å²) < 4.78 is 11.1. The van der Waals surface area contributed by atoms with Gasteiger partial charge in [-0.3, -0.25) is 9.80 Å². The number of ether oxygens (including phenoxy) is 2. The Bertz CT molecular complexity index is 545. The lowest BCUT2D eigenvalue weighted by atomic mass is 10.3. The molecule has 2 rings (SSSR count). The highest BCUT2D eigenvalue weighted by atomic mass is 35.5. The lowest BCUT2D eigenvalue weighted by Crippen LogP contribution is -2.42. The highest BCUT2D eigenvalue weighted by Gasteiger charge is 2.13. The van der Waals surface area contributed by atoms with Gasteiger partial charge in [0.1, 0.15) is 12.4 Å². The summed E-state index contributed by atoms with van der Waals surface area (Å²) in [5.41, 5.74) is 0. The molecule has 0 amide bonds. The summed E-state index contributed by atoms with van der Waals surface area (Å²) in [4.78, 5) is 4.64. The van der Waals surface area contributed by atoms with Gasteiger partial charge in [-0.15, -0.1) is 0 Å². The van der Waals surface area contributed by atoms with E-state index in [0.29, 0.717) is 28.8 Å². The molecular weight excluding hydrogens is 349 g/mol. The van der Waals surface area contributed by atoms with Crippen molar-refractivity contribution in [2.24, 2.45) is 0 Å². The molecule has 0 atom stereocenters. The lowest BCUT2D eigenvalue weighted by Gasteiger charge is -2.29. The number of benzene rings is 1. The molecule has 5 nitrogen and oxygen atoms in total. The van der Waals surface area contributed by atoms with Gasteiger partial charge in [-0.2, -0.15) is 5.26 Å². The molecule has 0 saturated carbocycles. The predicted octanol–water partition coefficient (Wildman–Crippen LogP) is 2.92. The summed E-state index contributed by atoms with van der Waals surface area (Å²) in [5.74, 6) is 0.634. The quantitative estimate of drug-likeness (QED) is 0.667. The fraction of sp³-hybridized carbons (Fsp3) is 0.588. The van der Waals surface area contributed by atoms with E-state index >= 15 is 0 Å². The zero-order chi connectivity index (χ0) is 17.2. The molecule has 132 valence electrons. The van der Waals surface area contributed by atoms with Crippen LogP contribution in [0.3, 0.4) is 0 Å². The van der Waals surface area contributed by atoms with Gasteiger partial charge in [-0.05, 0) is 18.2 Å². The standard InChI is InChI=1S/C17H23Cl2N3O2/c18-15-2-3-17(16(19)14-15)24-13-10-21(5-1-4-20)6-7-22-8-11-23-12-9-22/h2-3,14H,1,5-13H2.